The molecular formula is C14H26N4. The van der Waals surface area contributed by atoms with Crippen molar-refractivity contribution in [3.8, 4) is 0 Å². The third-order valence-electron chi connectivity index (χ3n) is 3.86. The van der Waals surface area contributed by atoms with Gasteiger partial charge in [0.05, 0.1) is 12.2 Å². The molecule has 0 bridgehead atoms. The van der Waals surface area contributed by atoms with E-state index < -0.39 is 0 Å². The second-order valence-corrected chi connectivity index (χ2v) is 5.57. The minimum Gasteiger partial charge on any atom is -0.314 e. The van der Waals surface area contributed by atoms with Gasteiger partial charge in [-0.2, -0.15) is 5.10 Å². The van der Waals surface area contributed by atoms with Crippen LogP contribution in [0.5, 0.6) is 0 Å². The Labute approximate surface area is 110 Å². The van der Waals surface area contributed by atoms with Gasteiger partial charge in [0, 0.05) is 38.4 Å². The van der Waals surface area contributed by atoms with Crippen LogP contribution in [-0.4, -0.2) is 47.4 Å². The molecule has 4 nitrogen and oxygen atoms in total. The molecule has 102 valence electrons. The molecule has 0 atom stereocenters. The minimum absolute atomic E-state index is 0.550. The third kappa shape index (κ3) is 2.93. The van der Waals surface area contributed by atoms with Crippen LogP contribution in [0.15, 0.2) is 0 Å². The monoisotopic (exact) mass is 250 g/mol. The van der Waals surface area contributed by atoms with Crippen molar-refractivity contribution < 1.29 is 0 Å². The van der Waals surface area contributed by atoms with Crippen molar-refractivity contribution in [3.05, 3.63) is 17.0 Å². The summed E-state index contributed by atoms with van der Waals surface area (Å²) in [4.78, 5) is 2.52. The zero-order chi connectivity index (χ0) is 13.1. The van der Waals surface area contributed by atoms with E-state index in [0.717, 1.165) is 39.3 Å². The highest BCUT2D eigenvalue weighted by Crippen LogP contribution is 2.21. The molecule has 0 aliphatic carbocycles. The van der Waals surface area contributed by atoms with E-state index in [-0.39, 0.29) is 0 Å². The highest BCUT2D eigenvalue weighted by Gasteiger charge is 2.16. The number of hydrogen-bond donors (Lipinski definition) is 1. The van der Waals surface area contributed by atoms with E-state index in [2.05, 4.69) is 42.6 Å². The van der Waals surface area contributed by atoms with Gasteiger partial charge in [0.2, 0.25) is 0 Å². The number of rotatable bonds is 4. The topological polar surface area (TPSA) is 33.1 Å². The van der Waals surface area contributed by atoms with Gasteiger partial charge in [-0.25, -0.2) is 0 Å². The maximum atomic E-state index is 4.69. The molecule has 0 radical (unpaired) electrons. The predicted molar refractivity (Wildman–Crippen MR) is 75.1 cm³/mol. The van der Waals surface area contributed by atoms with Gasteiger partial charge in [0.15, 0.2) is 0 Å². The van der Waals surface area contributed by atoms with Gasteiger partial charge in [-0.15, -0.1) is 0 Å². The summed E-state index contributed by atoms with van der Waals surface area (Å²) >= 11 is 0. The molecule has 0 saturated carbocycles. The fourth-order valence-corrected chi connectivity index (χ4v) is 2.76. The molecule has 18 heavy (non-hydrogen) atoms. The van der Waals surface area contributed by atoms with Gasteiger partial charge >= 0.3 is 0 Å². The van der Waals surface area contributed by atoms with Crippen LogP contribution in [0, 0.1) is 13.8 Å². The molecule has 1 aromatic heterocycles. The number of nitrogens with zero attached hydrogens (tertiary/aromatic N) is 3. The maximum Gasteiger partial charge on any atom is 0.0625 e. The Bertz CT molecular complexity index is 389. The van der Waals surface area contributed by atoms with Crippen LogP contribution >= 0.6 is 0 Å². The lowest BCUT2D eigenvalue weighted by atomic mass is 10.1. The van der Waals surface area contributed by atoms with Crippen LogP contribution in [-0.2, 0) is 6.54 Å². The molecule has 2 rings (SSSR count). The zero-order valence-electron chi connectivity index (χ0n) is 12.2. The molecular weight excluding hydrogens is 224 g/mol. The first-order valence-electron chi connectivity index (χ1n) is 7.06. The standard InChI is InChI=1S/C14H26N4/c1-11(2)14-12(3)13(4)16-18(14)10-9-17-7-5-15-6-8-17/h11,15H,5-10H2,1-4H3. The SMILES string of the molecule is Cc1nn(CCN2CCNCC2)c(C(C)C)c1C. The largest absolute Gasteiger partial charge is 0.314 e. The zero-order valence-corrected chi connectivity index (χ0v) is 12.2. The highest BCUT2D eigenvalue weighted by molar-refractivity contribution is 5.26. The Balaban J connectivity index is 2.02. The van der Waals surface area contributed by atoms with E-state index in [4.69, 9.17) is 5.10 Å². The lowest BCUT2D eigenvalue weighted by Crippen LogP contribution is -2.44. The normalized spacial score (nSPS) is 17.6. The van der Waals surface area contributed by atoms with E-state index in [1.165, 1.54) is 17.0 Å². The fraction of sp³-hybridized carbons (Fsp3) is 0.786. The quantitative estimate of drug-likeness (QED) is 0.880. The van der Waals surface area contributed by atoms with Crippen molar-refractivity contribution in [3.63, 3.8) is 0 Å². The van der Waals surface area contributed by atoms with Gasteiger partial charge in [-0.1, -0.05) is 13.8 Å². The van der Waals surface area contributed by atoms with Crippen LogP contribution in [0.2, 0.25) is 0 Å². The lowest BCUT2D eigenvalue weighted by Gasteiger charge is -2.27. The van der Waals surface area contributed by atoms with Gasteiger partial charge in [0.1, 0.15) is 0 Å². The molecule has 1 fully saturated rings. The summed E-state index contributed by atoms with van der Waals surface area (Å²) in [5.41, 5.74) is 3.95. The first-order chi connectivity index (χ1) is 8.59. The Kier molecular flexibility index (Phi) is 4.40. The van der Waals surface area contributed by atoms with Crippen LogP contribution < -0.4 is 5.32 Å². The fourth-order valence-electron chi connectivity index (χ4n) is 2.76. The molecule has 0 spiro atoms. The smallest absolute Gasteiger partial charge is 0.0625 e. The molecule has 1 saturated heterocycles. The van der Waals surface area contributed by atoms with Crippen molar-refractivity contribution >= 4 is 0 Å². The Morgan fingerprint density at radius 2 is 1.83 bits per heavy atom. The van der Waals surface area contributed by atoms with Crippen LogP contribution in [0.4, 0.5) is 0 Å². The average molecular weight is 250 g/mol. The van der Waals surface area contributed by atoms with E-state index in [0.29, 0.717) is 5.92 Å². The van der Waals surface area contributed by atoms with Crippen molar-refractivity contribution in [2.45, 2.75) is 40.2 Å². The van der Waals surface area contributed by atoms with E-state index in [1.54, 1.807) is 0 Å². The molecule has 0 amide bonds. The number of aryl methyl sites for hydroxylation is 1. The Hall–Kier alpha value is -0.870. The first-order valence-corrected chi connectivity index (χ1v) is 7.06. The van der Waals surface area contributed by atoms with Gasteiger partial charge in [-0.3, -0.25) is 9.58 Å². The summed E-state index contributed by atoms with van der Waals surface area (Å²) in [5, 5.41) is 8.08. The second-order valence-electron chi connectivity index (χ2n) is 5.57. The first kappa shape index (κ1) is 13.6. The van der Waals surface area contributed by atoms with Crippen molar-refractivity contribution in [1.82, 2.24) is 20.0 Å². The summed E-state index contributed by atoms with van der Waals surface area (Å²) < 4.78 is 2.22. The predicted octanol–water partition coefficient (Wildman–Crippen LogP) is 1.53. The molecule has 1 aliphatic heterocycles. The minimum atomic E-state index is 0.550. The number of hydrogen-bond acceptors (Lipinski definition) is 3. The Morgan fingerprint density at radius 3 is 2.44 bits per heavy atom. The summed E-state index contributed by atoms with van der Waals surface area (Å²) in [6.45, 7) is 15.5. The molecule has 2 heterocycles. The van der Waals surface area contributed by atoms with E-state index in [1.807, 2.05) is 0 Å². The van der Waals surface area contributed by atoms with E-state index in [9.17, 15) is 0 Å². The summed E-state index contributed by atoms with van der Waals surface area (Å²) in [6.07, 6.45) is 0. The number of nitrogens with one attached hydrogen (secondary N) is 1. The Morgan fingerprint density at radius 1 is 1.17 bits per heavy atom. The van der Waals surface area contributed by atoms with Crippen molar-refractivity contribution in [2.75, 3.05) is 32.7 Å². The molecule has 0 unspecified atom stereocenters. The summed E-state index contributed by atoms with van der Waals surface area (Å²) in [7, 11) is 0. The van der Waals surface area contributed by atoms with Gasteiger partial charge in [-0.05, 0) is 25.3 Å². The van der Waals surface area contributed by atoms with Crippen molar-refractivity contribution in [2.24, 2.45) is 0 Å². The maximum absolute atomic E-state index is 4.69. The molecule has 1 aromatic rings. The summed E-state index contributed by atoms with van der Waals surface area (Å²) in [6, 6.07) is 0. The average Bonchev–Trinajstić information content (AvgIpc) is 2.64. The van der Waals surface area contributed by atoms with E-state index >= 15 is 0 Å². The number of aromatic nitrogens is 2. The molecule has 0 aromatic carbocycles. The van der Waals surface area contributed by atoms with Crippen LogP contribution in [0.25, 0.3) is 0 Å². The van der Waals surface area contributed by atoms with Crippen molar-refractivity contribution in [1.29, 1.82) is 0 Å². The third-order valence-corrected chi connectivity index (χ3v) is 3.86. The number of piperazine rings is 1. The van der Waals surface area contributed by atoms with Gasteiger partial charge < -0.3 is 5.32 Å². The lowest BCUT2D eigenvalue weighted by molar-refractivity contribution is 0.228. The van der Waals surface area contributed by atoms with Gasteiger partial charge in [0.25, 0.3) is 0 Å². The van der Waals surface area contributed by atoms with Crippen LogP contribution in [0.1, 0.15) is 36.7 Å². The summed E-state index contributed by atoms with van der Waals surface area (Å²) in [5.74, 6) is 0.550. The second kappa shape index (κ2) is 5.85. The molecule has 4 heteroatoms. The molecule has 1 aliphatic rings. The highest BCUT2D eigenvalue weighted by atomic mass is 15.3. The van der Waals surface area contributed by atoms with Crippen LogP contribution in [0.3, 0.4) is 0 Å². The molecule has 1 N–H and O–H groups in total.